The van der Waals surface area contributed by atoms with Gasteiger partial charge < -0.3 is 0 Å². The molecule has 0 aliphatic carbocycles. The average molecular weight is 427 g/mol. The molecule has 0 spiro atoms. The molecule has 0 fully saturated rings. The molecule has 0 saturated heterocycles. The summed E-state index contributed by atoms with van der Waals surface area (Å²) in [6.07, 6.45) is -0.925. The normalized spacial score (nSPS) is 13.1. The van der Waals surface area contributed by atoms with Gasteiger partial charge in [0.2, 0.25) is 0 Å². The summed E-state index contributed by atoms with van der Waals surface area (Å²) in [6, 6.07) is 0.467. The molecule has 0 saturated carbocycles. The molecule has 0 unspecified atom stereocenters. The van der Waals surface area contributed by atoms with Crippen LogP contribution >= 0.6 is 0 Å². The minimum atomic E-state index is -6.89. The third kappa shape index (κ3) is 3.92. The standard InChI is InChI=1S/C4HF6N2O4S2.Ag/c5-3(6,7)17(13,14)12(2-1-11)18(15,16)4(8,9)10;/h2H;/q+1;. The number of rotatable bonds is 2. The first-order valence-corrected chi connectivity index (χ1v) is 6.22. The Labute approximate surface area is 117 Å². The van der Waals surface area contributed by atoms with Gasteiger partial charge in [0, 0.05) is 25.8 Å². The third-order valence-electron chi connectivity index (χ3n) is 1.22. The van der Waals surface area contributed by atoms with Gasteiger partial charge in [-0.15, -0.1) is 0 Å². The van der Waals surface area contributed by atoms with Gasteiger partial charge in [0.15, 0.2) is 6.07 Å². The van der Waals surface area contributed by atoms with Gasteiger partial charge in [-0.05, 0) is 0 Å². The second-order valence-corrected chi connectivity index (χ2v) is 6.23. The molecule has 15 heteroatoms. The zero-order valence-electron chi connectivity index (χ0n) is 7.99. The Morgan fingerprint density at radius 3 is 1.32 bits per heavy atom. The van der Waals surface area contributed by atoms with Crippen molar-refractivity contribution in [1.82, 2.24) is 0 Å². The summed E-state index contributed by atoms with van der Waals surface area (Å²) in [5, 5.41) is 7.88. The van der Waals surface area contributed by atoms with Crippen molar-refractivity contribution in [2.24, 2.45) is 0 Å². The van der Waals surface area contributed by atoms with Gasteiger partial charge in [-0.2, -0.15) is 48.4 Å². The van der Waals surface area contributed by atoms with Crippen molar-refractivity contribution < 1.29 is 68.9 Å². The van der Waals surface area contributed by atoms with Gasteiger partial charge in [0.1, 0.15) is 0 Å². The second kappa shape index (κ2) is 5.79. The van der Waals surface area contributed by atoms with E-state index in [1.165, 1.54) is 0 Å². The molecule has 0 aromatic heterocycles. The molecule has 0 N–H and O–H groups in total. The van der Waals surface area contributed by atoms with E-state index in [4.69, 9.17) is 5.26 Å². The maximum absolute atomic E-state index is 11.9. The molecule has 19 heavy (non-hydrogen) atoms. The Kier molecular flexibility index (Phi) is 6.31. The molecule has 1 radical (unpaired) electrons. The van der Waals surface area contributed by atoms with Gasteiger partial charge in [-0.25, -0.2) is 0 Å². The van der Waals surface area contributed by atoms with Gasteiger partial charge >= 0.3 is 31.1 Å². The summed E-state index contributed by atoms with van der Waals surface area (Å²) in [5.41, 5.74) is -12.6. The van der Waals surface area contributed by atoms with Crippen LogP contribution in [0, 0.1) is 11.3 Å². The van der Waals surface area contributed by atoms with Crippen LogP contribution in [-0.2, 0) is 42.4 Å². The van der Waals surface area contributed by atoms with E-state index in [1.54, 1.807) is 0 Å². The van der Waals surface area contributed by atoms with E-state index >= 15 is 0 Å². The zero-order valence-corrected chi connectivity index (χ0v) is 11.1. The summed E-state index contributed by atoms with van der Waals surface area (Å²) >= 11 is 0. The molecule has 0 heterocycles. The minimum absolute atomic E-state index is 0. The Bertz CT molecular complexity index is 563. The van der Waals surface area contributed by atoms with Crippen LogP contribution in [-0.4, -0.2) is 37.5 Å². The fourth-order valence-corrected chi connectivity index (χ4v) is 2.84. The van der Waals surface area contributed by atoms with Gasteiger partial charge in [-0.1, -0.05) is 0 Å². The van der Waals surface area contributed by atoms with Crippen LogP contribution in [0.5, 0.6) is 0 Å². The number of nitriles is 1. The van der Waals surface area contributed by atoms with Crippen molar-refractivity contribution in [3.63, 3.8) is 0 Å². The molecule has 0 atom stereocenters. The summed E-state index contributed by atoms with van der Waals surface area (Å²) in [6.45, 7) is 0. The Morgan fingerprint density at radius 2 is 1.16 bits per heavy atom. The van der Waals surface area contributed by atoms with E-state index < -0.39 is 40.7 Å². The van der Waals surface area contributed by atoms with Crippen molar-refractivity contribution in [3.8, 4) is 6.07 Å². The van der Waals surface area contributed by atoms with Crippen molar-refractivity contribution in [3.05, 3.63) is 0 Å². The number of hydrogen-bond donors (Lipinski definition) is 0. The monoisotopic (exact) mass is 426 g/mol. The van der Waals surface area contributed by atoms with Gasteiger partial charge in [0.05, 0.1) is 0 Å². The van der Waals surface area contributed by atoms with Crippen molar-refractivity contribution in [2.75, 3.05) is 0 Å². The molecule has 0 aromatic carbocycles. The van der Waals surface area contributed by atoms with Crippen LogP contribution in [0.2, 0.25) is 0 Å². The maximum Gasteiger partial charge on any atom is 0.561 e. The Morgan fingerprint density at radius 1 is 0.895 bits per heavy atom. The Balaban J connectivity index is 0. The molecule has 0 rings (SSSR count). The first-order valence-electron chi connectivity index (χ1n) is 3.34. The van der Waals surface area contributed by atoms with Crippen LogP contribution in [0.1, 0.15) is 0 Å². The molecule has 0 aliphatic heterocycles. The largest absolute Gasteiger partial charge is 0.561 e. The predicted molar refractivity (Wildman–Crippen MR) is 41.9 cm³/mol. The zero-order chi connectivity index (χ0) is 15.0. The molecule has 0 aromatic rings. The van der Waals surface area contributed by atoms with Gasteiger partial charge in [-0.3, -0.25) is 0 Å². The predicted octanol–water partition coefficient (Wildman–Crippen LogP) is 0.290. The molecule has 0 bridgehead atoms. The van der Waals surface area contributed by atoms with Crippen LogP contribution in [0.25, 0.3) is 0 Å². The van der Waals surface area contributed by atoms with Crippen LogP contribution in [0.15, 0.2) is 0 Å². The van der Waals surface area contributed by atoms with E-state index in [0.29, 0.717) is 6.07 Å². The van der Waals surface area contributed by atoms with Gasteiger partial charge in [0.25, 0.3) is 6.21 Å². The molecular formula is C4HAgF6N2O4S2+. The summed E-state index contributed by atoms with van der Waals surface area (Å²) in [5.74, 6) is 0. The van der Waals surface area contributed by atoms with Crippen molar-refractivity contribution in [1.29, 1.82) is 5.26 Å². The van der Waals surface area contributed by atoms with E-state index in [-0.39, 0.29) is 22.4 Å². The van der Waals surface area contributed by atoms with Crippen LogP contribution in [0.4, 0.5) is 26.3 Å². The molecular weight excluding hydrogens is 426 g/mol. The maximum atomic E-state index is 11.9. The molecule has 115 valence electrons. The van der Waals surface area contributed by atoms with E-state index in [1.807, 2.05) is 0 Å². The van der Waals surface area contributed by atoms with E-state index in [9.17, 15) is 43.2 Å². The Hall–Kier alpha value is -0.620. The molecule has 0 aliphatic rings. The number of halogens is 6. The topological polar surface area (TPSA) is 95.1 Å². The number of sulfonamides is 2. The molecule has 0 amide bonds. The summed E-state index contributed by atoms with van der Waals surface area (Å²) in [7, 11) is -13.8. The number of hydrogen-bond acceptors (Lipinski definition) is 5. The summed E-state index contributed by atoms with van der Waals surface area (Å²) in [4.78, 5) is 0. The van der Waals surface area contributed by atoms with Crippen molar-refractivity contribution in [2.45, 2.75) is 11.0 Å². The third-order valence-corrected chi connectivity index (χ3v) is 4.73. The smallest absolute Gasteiger partial charge is 0.187 e. The SMILES string of the molecule is N#CC=[N+](S(=O)(=O)C(F)(F)F)S(=O)(=O)C(F)(F)F.[Ag]. The quantitative estimate of drug-likeness (QED) is 0.273. The number of alkyl halides is 6. The molecule has 6 nitrogen and oxygen atoms in total. The first kappa shape index (κ1) is 20.7. The van der Waals surface area contributed by atoms with Crippen LogP contribution in [0.3, 0.4) is 0 Å². The van der Waals surface area contributed by atoms with Crippen molar-refractivity contribution >= 4 is 26.3 Å². The fraction of sp³-hybridized carbons (Fsp3) is 0.500. The van der Waals surface area contributed by atoms with E-state index in [2.05, 4.69) is 0 Å². The summed E-state index contributed by atoms with van der Waals surface area (Å²) < 4.78 is 112. The minimum Gasteiger partial charge on any atom is -0.187 e. The first-order chi connectivity index (χ1) is 7.69. The van der Waals surface area contributed by atoms with Crippen LogP contribution < -0.4 is 0 Å². The fourth-order valence-electron chi connectivity index (χ4n) is 0.519. The van der Waals surface area contributed by atoms with E-state index in [0.717, 1.165) is 0 Å². The average Bonchev–Trinajstić information content (AvgIpc) is 2.09. The second-order valence-electron chi connectivity index (χ2n) is 2.39. The number of nitrogens with zero attached hydrogens (tertiary/aromatic N) is 2.